The second-order valence-corrected chi connectivity index (χ2v) is 9.16. The summed E-state index contributed by atoms with van der Waals surface area (Å²) in [6.45, 7) is 7.59. The van der Waals surface area contributed by atoms with Crippen LogP contribution in [0, 0.1) is 18.7 Å². The maximum absolute atomic E-state index is 13.3. The highest BCUT2D eigenvalue weighted by atomic mass is 19.1. The molecular weight excluding hydrogens is 419 g/mol. The summed E-state index contributed by atoms with van der Waals surface area (Å²) in [5, 5.41) is 7.91. The summed E-state index contributed by atoms with van der Waals surface area (Å²) >= 11 is 0. The minimum Gasteiger partial charge on any atom is -0.356 e. The molecule has 0 unspecified atom stereocenters. The van der Waals surface area contributed by atoms with Crippen molar-refractivity contribution < 1.29 is 9.18 Å². The van der Waals surface area contributed by atoms with E-state index in [0.29, 0.717) is 0 Å². The number of anilines is 1. The number of hydrogen-bond donors (Lipinski definition) is 1. The van der Waals surface area contributed by atoms with Gasteiger partial charge in [-0.25, -0.2) is 9.37 Å². The second-order valence-electron chi connectivity index (χ2n) is 9.16. The number of rotatable bonds is 6. The van der Waals surface area contributed by atoms with Crippen molar-refractivity contribution in [2.75, 3.05) is 44.2 Å². The van der Waals surface area contributed by atoms with Crippen LogP contribution < -0.4 is 10.2 Å². The lowest BCUT2D eigenvalue weighted by atomic mass is 9.96. The Kier molecular flexibility index (Phi) is 6.26. The van der Waals surface area contributed by atoms with Crippen LogP contribution in [0.25, 0.3) is 16.9 Å². The van der Waals surface area contributed by atoms with Crippen molar-refractivity contribution in [3.8, 4) is 11.3 Å². The summed E-state index contributed by atoms with van der Waals surface area (Å²) in [6.07, 6.45) is 4.20. The van der Waals surface area contributed by atoms with Crippen molar-refractivity contribution >= 4 is 17.4 Å². The van der Waals surface area contributed by atoms with E-state index in [-0.39, 0.29) is 17.6 Å². The number of nitrogens with zero attached hydrogens (tertiary/aromatic N) is 5. The molecule has 2 aromatic heterocycles. The number of amides is 1. The summed E-state index contributed by atoms with van der Waals surface area (Å²) in [7, 11) is 0. The van der Waals surface area contributed by atoms with Crippen molar-refractivity contribution in [2.24, 2.45) is 5.92 Å². The van der Waals surface area contributed by atoms with E-state index in [1.54, 1.807) is 12.1 Å². The Morgan fingerprint density at radius 3 is 2.55 bits per heavy atom. The van der Waals surface area contributed by atoms with Gasteiger partial charge < -0.3 is 15.1 Å². The number of piperidine rings is 1. The Balaban J connectivity index is 1.25. The van der Waals surface area contributed by atoms with Crippen LogP contribution in [0.1, 0.15) is 31.4 Å². The van der Waals surface area contributed by atoms with Gasteiger partial charge in [0.25, 0.3) is 0 Å². The summed E-state index contributed by atoms with van der Waals surface area (Å²) in [6, 6.07) is 10.3. The van der Waals surface area contributed by atoms with Crippen LogP contribution in [0.3, 0.4) is 0 Å². The average Bonchev–Trinajstić information content (AvgIpc) is 3.49. The molecular formula is C25H31FN6O. The highest BCUT2D eigenvalue weighted by molar-refractivity contribution is 5.79. The van der Waals surface area contributed by atoms with Gasteiger partial charge in [-0.05, 0) is 70.0 Å². The fourth-order valence-electron chi connectivity index (χ4n) is 4.93. The summed E-state index contributed by atoms with van der Waals surface area (Å²) in [5.74, 6) is 0.965. The molecule has 0 saturated carbocycles. The van der Waals surface area contributed by atoms with E-state index in [2.05, 4.69) is 20.1 Å². The highest BCUT2D eigenvalue weighted by Crippen LogP contribution is 2.27. The zero-order valence-electron chi connectivity index (χ0n) is 19.1. The maximum Gasteiger partial charge on any atom is 0.223 e. The largest absolute Gasteiger partial charge is 0.356 e. The minimum absolute atomic E-state index is 0.0608. The van der Waals surface area contributed by atoms with E-state index >= 15 is 0 Å². The first-order valence-electron chi connectivity index (χ1n) is 12.0. The van der Waals surface area contributed by atoms with Gasteiger partial charge in [0.1, 0.15) is 11.6 Å². The molecule has 174 valence electrons. The number of fused-ring (bicyclic) bond motifs is 1. The molecule has 1 N–H and O–H groups in total. The third-order valence-corrected chi connectivity index (χ3v) is 6.79. The highest BCUT2D eigenvalue weighted by Gasteiger charge is 2.27. The van der Waals surface area contributed by atoms with E-state index in [0.717, 1.165) is 80.5 Å². The average molecular weight is 451 g/mol. The monoisotopic (exact) mass is 450 g/mol. The topological polar surface area (TPSA) is 65.8 Å². The number of aryl methyl sites for hydroxylation is 1. The first kappa shape index (κ1) is 21.8. The van der Waals surface area contributed by atoms with Gasteiger partial charge in [-0.15, -0.1) is 0 Å². The van der Waals surface area contributed by atoms with Crippen molar-refractivity contribution in [3.05, 3.63) is 47.9 Å². The van der Waals surface area contributed by atoms with Crippen LogP contribution >= 0.6 is 0 Å². The first-order valence-corrected chi connectivity index (χ1v) is 12.0. The first-order chi connectivity index (χ1) is 16.1. The number of hydrogen-bond acceptors (Lipinski definition) is 5. The number of benzene rings is 1. The third kappa shape index (κ3) is 4.85. The zero-order valence-corrected chi connectivity index (χ0v) is 19.1. The van der Waals surface area contributed by atoms with Crippen LogP contribution in [0.5, 0.6) is 0 Å². The lowest BCUT2D eigenvalue weighted by Crippen LogP contribution is -2.42. The smallest absolute Gasteiger partial charge is 0.223 e. The van der Waals surface area contributed by atoms with Crippen LogP contribution in [-0.4, -0.2) is 64.7 Å². The lowest BCUT2D eigenvalue weighted by molar-refractivity contribution is -0.125. The van der Waals surface area contributed by atoms with Crippen LogP contribution in [0.4, 0.5) is 10.2 Å². The van der Waals surface area contributed by atoms with Gasteiger partial charge >= 0.3 is 0 Å². The SMILES string of the molecule is Cc1cc(N2CCC(C(=O)NCCN3CCCC3)CC2)n2nc(-c3ccc(F)cc3)cc2n1. The summed E-state index contributed by atoms with van der Waals surface area (Å²) < 4.78 is 15.2. The predicted molar refractivity (Wildman–Crippen MR) is 127 cm³/mol. The van der Waals surface area contributed by atoms with Crippen LogP contribution in [0.15, 0.2) is 36.4 Å². The molecule has 2 aliphatic heterocycles. The summed E-state index contributed by atoms with van der Waals surface area (Å²) in [5.41, 5.74) is 3.31. The molecule has 7 nitrogen and oxygen atoms in total. The lowest BCUT2D eigenvalue weighted by Gasteiger charge is -2.33. The van der Waals surface area contributed by atoms with E-state index in [4.69, 9.17) is 5.10 Å². The van der Waals surface area contributed by atoms with Crippen LogP contribution in [-0.2, 0) is 4.79 Å². The number of halogens is 1. The number of nitrogens with one attached hydrogen (secondary N) is 1. The molecule has 1 amide bonds. The van der Waals surface area contributed by atoms with Crippen molar-refractivity contribution in [3.63, 3.8) is 0 Å². The van der Waals surface area contributed by atoms with Gasteiger partial charge in [0, 0.05) is 55.5 Å². The number of carbonyl (C=O) groups excluding carboxylic acids is 1. The molecule has 33 heavy (non-hydrogen) atoms. The quantitative estimate of drug-likeness (QED) is 0.625. The fourth-order valence-corrected chi connectivity index (χ4v) is 4.93. The molecule has 2 saturated heterocycles. The maximum atomic E-state index is 13.3. The molecule has 0 atom stereocenters. The van der Waals surface area contributed by atoms with E-state index in [1.807, 2.05) is 23.6 Å². The van der Waals surface area contributed by atoms with Crippen molar-refractivity contribution in [1.82, 2.24) is 24.8 Å². The third-order valence-electron chi connectivity index (χ3n) is 6.79. The van der Waals surface area contributed by atoms with E-state index < -0.39 is 0 Å². The Labute approximate surface area is 193 Å². The van der Waals surface area contributed by atoms with Gasteiger partial charge in [-0.1, -0.05) is 0 Å². The molecule has 0 spiro atoms. The normalized spacial score (nSPS) is 17.7. The second kappa shape index (κ2) is 9.47. The van der Waals surface area contributed by atoms with E-state index in [9.17, 15) is 9.18 Å². The number of aromatic nitrogens is 3. The zero-order chi connectivity index (χ0) is 22.8. The molecule has 2 fully saturated rings. The molecule has 8 heteroatoms. The standard InChI is InChI=1S/C25H31FN6O/c1-18-16-24(32-23(28-18)17-22(29-32)19-4-6-21(26)7-5-19)31-13-8-20(9-14-31)25(33)27-10-15-30-11-2-3-12-30/h4-7,16-17,20H,2-3,8-15H2,1H3,(H,27,33). The minimum atomic E-state index is -0.264. The molecule has 0 radical (unpaired) electrons. The fraction of sp³-hybridized carbons (Fsp3) is 0.480. The summed E-state index contributed by atoms with van der Waals surface area (Å²) in [4.78, 5) is 22.0. The van der Waals surface area contributed by atoms with E-state index in [1.165, 1.54) is 25.0 Å². The molecule has 5 rings (SSSR count). The molecule has 1 aromatic carbocycles. The Morgan fingerprint density at radius 2 is 1.82 bits per heavy atom. The van der Waals surface area contributed by atoms with Gasteiger partial charge in [-0.3, -0.25) is 4.79 Å². The Morgan fingerprint density at radius 1 is 1.09 bits per heavy atom. The van der Waals surface area contributed by atoms with Gasteiger partial charge in [0.05, 0.1) is 5.69 Å². The predicted octanol–water partition coefficient (Wildman–Crippen LogP) is 3.27. The molecule has 4 heterocycles. The van der Waals surface area contributed by atoms with Crippen LogP contribution in [0.2, 0.25) is 0 Å². The molecule has 0 aliphatic carbocycles. The molecule has 3 aromatic rings. The molecule has 0 bridgehead atoms. The van der Waals surface area contributed by atoms with Crippen molar-refractivity contribution in [2.45, 2.75) is 32.6 Å². The van der Waals surface area contributed by atoms with Gasteiger partial charge in [0.2, 0.25) is 5.91 Å². The number of likely N-dealkylation sites (tertiary alicyclic amines) is 1. The number of carbonyl (C=O) groups is 1. The Hall–Kier alpha value is -3.00. The Bertz CT molecular complexity index is 1110. The van der Waals surface area contributed by atoms with Crippen molar-refractivity contribution in [1.29, 1.82) is 0 Å². The van der Waals surface area contributed by atoms with Gasteiger partial charge in [-0.2, -0.15) is 9.61 Å². The molecule has 2 aliphatic rings. The van der Waals surface area contributed by atoms with Gasteiger partial charge in [0.15, 0.2) is 5.65 Å².